The fourth-order valence-corrected chi connectivity index (χ4v) is 7.88. The van der Waals surface area contributed by atoms with E-state index < -0.39 is 0 Å². The summed E-state index contributed by atoms with van der Waals surface area (Å²) in [5.74, 6) is 0. The molecule has 10 aromatic rings. The first-order valence-electron chi connectivity index (χ1n) is 18.4. The van der Waals surface area contributed by atoms with E-state index in [0.717, 1.165) is 61.3 Å². The molecule has 0 bridgehead atoms. The van der Waals surface area contributed by atoms with Crippen molar-refractivity contribution in [3.8, 4) is 44.5 Å². The van der Waals surface area contributed by atoms with Crippen molar-refractivity contribution in [3.63, 3.8) is 0 Å². The van der Waals surface area contributed by atoms with Crippen molar-refractivity contribution < 1.29 is 4.42 Å². The smallest absolute Gasteiger partial charge is 0.136 e. The van der Waals surface area contributed by atoms with Gasteiger partial charge < -0.3 is 9.32 Å². The minimum absolute atomic E-state index is 0.880. The third kappa shape index (κ3) is 5.62. The second-order valence-corrected chi connectivity index (χ2v) is 13.7. The highest BCUT2D eigenvalue weighted by Gasteiger charge is 2.23. The van der Waals surface area contributed by atoms with E-state index in [2.05, 4.69) is 211 Å². The second-order valence-electron chi connectivity index (χ2n) is 13.7. The van der Waals surface area contributed by atoms with Crippen LogP contribution in [0, 0.1) is 0 Å². The van der Waals surface area contributed by atoms with Crippen LogP contribution in [0.2, 0.25) is 0 Å². The Bertz CT molecular complexity index is 2820. The number of benzene rings is 9. The van der Waals surface area contributed by atoms with Gasteiger partial charge in [0.2, 0.25) is 0 Å². The van der Waals surface area contributed by atoms with Gasteiger partial charge in [-0.2, -0.15) is 0 Å². The molecule has 54 heavy (non-hydrogen) atoms. The minimum Gasteiger partial charge on any atom is -0.456 e. The summed E-state index contributed by atoms with van der Waals surface area (Å²) in [5.41, 5.74) is 14.4. The first-order valence-corrected chi connectivity index (χ1v) is 18.4. The molecule has 0 saturated carbocycles. The van der Waals surface area contributed by atoms with E-state index in [4.69, 9.17) is 4.42 Å². The zero-order valence-electron chi connectivity index (χ0n) is 29.6. The number of hydrogen-bond donors (Lipinski definition) is 0. The van der Waals surface area contributed by atoms with E-state index in [0.29, 0.717) is 0 Å². The number of rotatable bonds is 7. The van der Waals surface area contributed by atoms with Gasteiger partial charge in [-0.1, -0.05) is 158 Å². The molecule has 0 aliphatic rings. The van der Waals surface area contributed by atoms with Crippen LogP contribution >= 0.6 is 0 Å². The number of hydrogen-bond acceptors (Lipinski definition) is 2. The molecule has 9 aromatic carbocycles. The number of furan rings is 1. The fourth-order valence-electron chi connectivity index (χ4n) is 7.88. The monoisotopic (exact) mass is 689 g/mol. The van der Waals surface area contributed by atoms with Crippen molar-refractivity contribution in [2.24, 2.45) is 0 Å². The molecule has 0 aliphatic heterocycles. The lowest BCUT2D eigenvalue weighted by molar-refractivity contribution is 0.669. The van der Waals surface area contributed by atoms with Crippen LogP contribution in [0.25, 0.3) is 77.2 Å². The molecule has 1 aromatic heterocycles. The van der Waals surface area contributed by atoms with Crippen molar-refractivity contribution in [2.45, 2.75) is 0 Å². The molecule has 0 atom stereocenters. The van der Waals surface area contributed by atoms with Crippen molar-refractivity contribution >= 4 is 49.8 Å². The Morgan fingerprint density at radius 2 is 0.870 bits per heavy atom. The largest absolute Gasteiger partial charge is 0.456 e. The molecule has 1 heterocycles. The van der Waals surface area contributed by atoms with Crippen molar-refractivity contribution in [3.05, 3.63) is 212 Å². The van der Waals surface area contributed by atoms with Gasteiger partial charge in [-0.25, -0.2) is 0 Å². The SMILES string of the molecule is c1ccc(-c2ccc(N(c3ccc(-c4ccccc4)cc3)c3ccccc3-c3ccc4oc5ccccc5c4c3-c3ccc4ccccc4c3)cc2)cc1. The Labute approximate surface area is 314 Å². The van der Waals surface area contributed by atoms with E-state index in [1.165, 1.54) is 33.0 Å². The molecule has 0 aliphatic carbocycles. The lowest BCUT2D eigenvalue weighted by Gasteiger charge is -2.29. The van der Waals surface area contributed by atoms with Gasteiger partial charge in [0.25, 0.3) is 0 Å². The highest BCUT2D eigenvalue weighted by Crippen LogP contribution is 2.48. The second kappa shape index (κ2) is 13.4. The van der Waals surface area contributed by atoms with Gasteiger partial charge in [0.15, 0.2) is 0 Å². The molecule has 0 amide bonds. The lowest BCUT2D eigenvalue weighted by atomic mass is 9.88. The number of nitrogens with zero attached hydrogens (tertiary/aromatic N) is 1. The quantitative estimate of drug-likeness (QED) is 0.166. The molecule has 0 saturated heterocycles. The third-order valence-corrected chi connectivity index (χ3v) is 10.5. The normalized spacial score (nSPS) is 11.3. The Morgan fingerprint density at radius 3 is 1.56 bits per heavy atom. The fraction of sp³-hybridized carbons (Fsp3) is 0. The average Bonchev–Trinajstić information content (AvgIpc) is 3.63. The molecule has 2 nitrogen and oxygen atoms in total. The molecule has 2 heteroatoms. The lowest BCUT2D eigenvalue weighted by Crippen LogP contribution is -2.11. The maximum atomic E-state index is 6.49. The average molecular weight is 690 g/mol. The van der Waals surface area contributed by atoms with Crippen LogP contribution in [0.1, 0.15) is 0 Å². The first-order chi connectivity index (χ1) is 26.8. The number of para-hydroxylation sites is 2. The summed E-state index contributed by atoms with van der Waals surface area (Å²) in [5, 5.41) is 4.66. The highest BCUT2D eigenvalue weighted by molar-refractivity contribution is 6.17. The summed E-state index contributed by atoms with van der Waals surface area (Å²) in [6.45, 7) is 0. The summed E-state index contributed by atoms with van der Waals surface area (Å²) in [7, 11) is 0. The van der Waals surface area contributed by atoms with E-state index in [1.54, 1.807) is 0 Å². The van der Waals surface area contributed by atoms with Gasteiger partial charge in [0.05, 0.1) is 5.69 Å². The summed E-state index contributed by atoms with van der Waals surface area (Å²) < 4.78 is 6.49. The van der Waals surface area contributed by atoms with Gasteiger partial charge in [-0.3, -0.25) is 0 Å². The molecule has 0 N–H and O–H groups in total. The third-order valence-electron chi connectivity index (χ3n) is 10.5. The predicted molar refractivity (Wildman–Crippen MR) is 228 cm³/mol. The van der Waals surface area contributed by atoms with Crippen LogP contribution in [-0.2, 0) is 0 Å². The number of fused-ring (bicyclic) bond motifs is 4. The number of anilines is 3. The summed E-state index contributed by atoms with van der Waals surface area (Å²) in [4.78, 5) is 2.39. The molecule has 0 fully saturated rings. The Balaban J connectivity index is 1.20. The molecule has 254 valence electrons. The van der Waals surface area contributed by atoms with Crippen LogP contribution < -0.4 is 4.90 Å². The van der Waals surface area contributed by atoms with E-state index >= 15 is 0 Å². The van der Waals surface area contributed by atoms with E-state index in [9.17, 15) is 0 Å². The van der Waals surface area contributed by atoms with Crippen LogP contribution in [-0.4, -0.2) is 0 Å². The van der Waals surface area contributed by atoms with Crippen LogP contribution in [0.15, 0.2) is 217 Å². The van der Waals surface area contributed by atoms with Gasteiger partial charge in [-0.15, -0.1) is 0 Å². The van der Waals surface area contributed by atoms with Gasteiger partial charge in [0, 0.05) is 33.3 Å². The van der Waals surface area contributed by atoms with Gasteiger partial charge >= 0.3 is 0 Å². The molecular weight excluding hydrogens is 655 g/mol. The van der Waals surface area contributed by atoms with Gasteiger partial charge in [-0.05, 0) is 98.8 Å². The van der Waals surface area contributed by atoms with Crippen LogP contribution in [0.4, 0.5) is 17.1 Å². The summed E-state index contributed by atoms with van der Waals surface area (Å²) in [6, 6.07) is 75.9. The molecule has 0 spiro atoms. The maximum absolute atomic E-state index is 6.49. The molecular formula is C52H35NO. The summed E-state index contributed by atoms with van der Waals surface area (Å²) in [6.07, 6.45) is 0. The highest BCUT2D eigenvalue weighted by atomic mass is 16.3. The molecule has 10 rings (SSSR count). The van der Waals surface area contributed by atoms with Crippen LogP contribution in [0.5, 0.6) is 0 Å². The Kier molecular flexibility index (Phi) is 7.85. The first kappa shape index (κ1) is 31.6. The standard InChI is InChI=1S/C52H35NO/c1-3-13-36(14-4-1)39-25-29-43(30-26-39)53(44-31-27-40(28-32-44)37-15-5-2-6-16-37)48-21-11-9-19-45(48)46-33-34-50-52(47-20-10-12-22-49(47)54-50)51(46)42-24-23-38-17-7-8-18-41(38)35-42/h1-35H. The Morgan fingerprint density at radius 1 is 0.333 bits per heavy atom. The molecule has 0 radical (unpaired) electrons. The van der Waals surface area contributed by atoms with E-state index in [1.807, 2.05) is 6.07 Å². The van der Waals surface area contributed by atoms with Gasteiger partial charge in [0.1, 0.15) is 11.2 Å². The predicted octanol–water partition coefficient (Wildman–Crippen LogP) is 14.9. The minimum atomic E-state index is 0.880. The van der Waals surface area contributed by atoms with Crippen molar-refractivity contribution in [1.29, 1.82) is 0 Å². The zero-order chi connectivity index (χ0) is 35.8. The van der Waals surface area contributed by atoms with Crippen molar-refractivity contribution in [1.82, 2.24) is 0 Å². The zero-order valence-corrected chi connectivity index (χ0v) is 29.6. The van der Waals surface area contributed by atoms with E-state index in [-0.39, 0.29) is 0 Å². The van der Waals surface area contributed by atoms with Crippen LogP contribution in [0.3, 0.4) is 0 Å². The van der Waals surface area contributed by atoms with Crippen molar-refractivity contribution in [2.75, 3.05) is 4.90 Å². The summed E-state index contributed by atoms with van der Waals surface area (Å²) >= 11 is 0. The maximum Gasteiger partial charge on any atom is 0.136 e. The molecule has 0 unspecified atom stereocenters. The Hall–Kier alpha value is -7.16. The topological polar surface area (TPSA) is 16.4 Å².